The number of halogens is 3. The van der Waals surface area contributed by atoms with Crippen LogP contribution in [0.3, 0.4) is 0 Å². The number of rotatable bonds is 3. The summed E-state index contributed by atoms with van der Waals surface area (Å²) in [4.78, 5) is 30.4. The van der Waals surface area contributed by atoms with Crippen LogP contribution in [0.2, 0.25) is 0 Å². The van der Waals surface area contributed by atoms with Gasteiger partial charge in [0.25, 0.3) is 11.8 Å². The van der Waals surface area contributed by atoms with E-state index in [-0.39, 0.29) is 18.2 Å². The fourth-order valence-electron chi connectivity index (χ4n) is 4.17. The van der Waals surface area contributed by atoms with Crippen LogP contribution in [0.25, 0.3) is 22.0 Å². The molecule has 6 nitrogen and oxygen atoms in total. The lowest BCUT2D eigenvalue weighted by molar-refractivity contribution is -0.137. The standard InChI is InChI=1S/C26H20F3N3O3/c1-32-21-10-2-3-11-22(21)35-14-20(25(32)34)31-24(33)19-13-16-7-5-9-18(23(16)30-19)15-6-4-8-17(12-15)26(27,28)29/h2-13,20,30H,14H2,1H3,(H,31,33)/t20-/m0/s1. The van der Waals surface area contributed by atoms with Gasteiger partial charge in [-0.15, -0.1) is 0 Å². The van der Waals surface area contributed by atoms with Crippen molar-refractivity contribution in [1.29, 1.82) is 0 Å². The molecule has 0 radical (unpaired) electrons. The first-order valence-corrected chi connectivity index (χ1v) is 10.8. The number of benzene rings is 3. The minimum atomic E-state index is -4.47. The van der Waals surface area contributed by atoms with Crippen LogP contribution in [0.15, 0.2) is 72.8 Å². The number of alkyl halides is 3. The largest absolute Gasteiger partial charge is 0.489 e. The third-order valence-electron chi connectivity index (χ3n) is 5.97. The van der Waals surface area contributed by atoms with Gasteiger partial charge in [-0.05, 0) is 35.9 Å². The van der Waals surface area contributed by atoms with Crippen LogP contribution in [0.1, 0.15) is 16.1 Å². The molecule has 0 unspecified atom stereocenters. The van der Waals surface area contributed by atoms with E-state index in [4.69, 9.17) is 4.74 Å². The van der Waals surface area contributed by atoms with Gasteiger partial charge in [-0.2, -0.15) is 13.2 Å². The number of hydrogen-bond donors (Lipinski definition) is 2. The number of H-pyrrole nitrogens is 1. The number of aromatic amines is 1. The molecule has 9 heteroatoms. The molecule has 1 aliphatic rings. The summed E-state index contributed by atoms with van der Waals surface area (Å²) >= 11 is 0. The number of carbonyl (C=O) groups is 2. The molecule has 178 valence electrons. The minimum absolute atomic E-state index is 0.0400. The number of nitrogens with zero attached hydrogens (tertiary/aromatic N) is 1. The van der Waals surface area contributed by atoms with E-state index in [0.717, 1.165) is 12.1 Å². The molecule has 3 aromatic carbocycles. The van der Waals surface area contributed by atoms with Gasteiger partial charge in [0.1, 0.15) is 24.1 Å². The third kappa shape index (κ3) is 4.21. The number of hydrogen-bond acceptors (Lipinski definition) is 3. The Kier molecular flexibility index (Phi) is 5.47. The molecule has 1 aromatic heterocycles. The summed E-state index contributed by atoms with van der Waals surface area (Å²) < 4.78 is 45.3. The molecular weight excluding hydrogens is 459 g/mol. The van der Waals surface area contributed by atoms with Crippen LogP contribution in [0.4, 0.5) is 18.9 Å². The van der Waals surface area contributed by atoms with Crippen molar-refractivity contribution in [2.45, 2.75) is 12.2 Å². The van der Waals surface area contributed by atoms with Crippen LogP contribution in [-0.4, -0.2) is 36.5 Å². The van der Waals surface area contributed by atoms with E-state index in [0.29, 0.717) is 33.5 Å². The molecule has 5 rings (SSSR count). The van der Waals surface area contributed by atoms with Gasteiger partial charge in [0, 0.05) is 18.0 Å². The quantitative estimate of drug-likeness (QED) is 0.434. The maximum Gasteiger partial charge on any atom is 0.416 e. The molecule has 0 aliphatic carbocycles. The number of carbonyl (C=O) groups excluding carboxylic acids is 2. The average molecular weight is 479 g/mol. The Hall–Kier alpha value is -4.27. The number of para-hydroxylation sites is 3. The number of aromatic nitrogens is 1. The van der Waals surface area contributed by atoms with Crippen molar-refractivity contribution in [3.63, 3.8) is 0 Å². The zero-order valence-corrected chi connectivity index (χ0v) is 18.5. The monoisotopic (exact) mass is 479 g/mol. The van der Waals surface area contributed by atoms with Gasteiger partial charge in [0.15, 0.2) is 0 Å². The molecule has 2 N–H and O–H groups in total. The lowest BCUT2D eigenvalue weighted by atomic mass is 10.0. The van der Waals surface area contributed by atoms with Gasteiger partial charge >= 0.3 is 6.18 Å². The summed E-state index contributed by atoms with van der Waals surface area (Å²) in [5, 5.41) is 3.36. The molecule has 0 fully saturated rings. The number of likely N-dealkylation sites (N-methyl/N-ethyl adjacent to an activating group) is 1. The molecular formula is C26H20F3N3O3. The van der Waals surface area contributed by atoms with Crippen molar-refractivity contribution in [2.75, 3.05) is 18.6 Å². The van der Waals surface area contributed by atoms with Crippen molar-refractivity contribution in [2.24, 2.45) is 0 Å². The summed E-state index contributed by atoms with van der Waals surface area (Å²) in [5.74, 6) is -0.321. The Balaban J connectivity index is 1.43. The minimum Gasteiger partial charge on any atom is -0.489 e. The lowest BCUT2D eigenvalue weighted by Crippen LogP contribution is -2.49. The second kappa shape index (κ2) is 8.50. The molecule has 4 aromatic rings. The predicted molar refractivity (Wildman–Crippen MR) is 125 cm³/mol. The van der Waals surface area contributed by atoms with Crippen molar-refractivity contribution in [3.8, 4) is 16.9 Å². The summed E-state index contributed by atoms with van der Waals surface area (Å²) in [5.41, 5.74) is 1.43. The van der Waals surface area contributed by atoms with E-state index in [9.17, 15) is 22.8 Å². The van der Waals surface area contributed by atoms with Gasteiger partial charge in [0.05, 0.1) is 16.8 Å². The summed E-state index contributed by atoms with van der Waals surface area (Å²) in [6, 6.07) is 17.9. The van der Waals surface area contributed by atoms with E-state index >= 15 is 0 Å². The highest BCUT2D eigenvalue weighted by atomic mass is 19.4. The van der Waals surface area contributed by atoms with E-state index in [1.807, 2.05) is 0 Å². The predicted octanol–water partition coefficient (Wildman–Crippen LogP) is 5.01. The zero-order valence-electron chi connectivity index (χ0n) is 18.5. The fourth-order valence-corrected chi connectivity index (χ4v) is 4.17. The highest BCUT2D eigenvalue weighted by Crippen LogP contribution is 2.35. The summed E-state index contributed by atoms with van der Waals surface area (Å²) in [6.07, 6.45) is -4.47. The highest BCUT2D eigenvalue weighted by Gasteiger charge is 2.32. The Morgan fingerprint density at radius 3 is 2.63 bits per heavy atom. The first-order valence-electron chi connectivity index (χ1n) is 10.8. The topological polar surface area (TPSA) is 74.4 Å². The van der Waals surface area contributed by atoms with E-state index in [2.05, 4.69) is 10.3 Å². The average Bonchev–Trinajstić information content (AvgIpc) is 3.25. The molecule has 2 heterocycles. The first kappa shape index (κ1) is 22.5. The number of nitrogens with one attached hydrogen (secondary N) is 2. The van der Waals surface area contributed by atoms with E-state index < -0.39 is 23.7 Å². The molecule has 0 saturated carbocycles. The second-order valence-corrected chi connectivity index (χ2v) is 8.23. The molecule has 1 aliphatic heterocycles. The SMILES string of the molecule is CN1C(=O)[C@@H](NC(=O)c2cc3cccc(-c4cccc(C(F)(F)F)c4)c3[nH]2)COc2ccccc21. The van der Waals surface area contributed by atoms with Crippen LogP contribution in [0, 0.1) is 0 Å². The Morgan fingerprint density at radius 2 is 1.83 bits per heavy atom. The number of anilines is 1. The Morgan fingerprint density at radius 1 is 1.06 bits per heavy atom. The Bertz CT molecular complexity index is 1440. The van der Waals surface area contributed by atoms with Crippen LogP contribution < -0.4 is 15.0 Å². The van der Waals surface area contributed by atoms with Crippen molar-refractivity contribution in [3.05, 3.63) is 84.1 Å². The van der Waals surface area contributed by atoms with Crippen LogP contribution in [0.5, 0.6) is 5.75 Å². The van der Waals surface area contributed by atoms with Crippen molar-refractivity contribution >= 4 is 28.4 Å². The number of ether oxygens (including phenoxy) is 1. The molecule has 0 saturated heterocycles. The molecule has 0 bridgehead atoms. The van der Waals surface area contributed by atoms with Gasteiger partial charge in [0.2, 0.25) is 0 Å². The zero-order chi connectivity index (χ0) is 24.7. The highest BCUT2D eigenvalue weighted by molar-refractivity contribution is 6.05. The molecule has 35 heavy (non-hydrogen) atoms. The molecule has 2 amide bonds. The smallest absolute Gasteiger partial charge is 0.416 e. The second-order valence-electron chi connectivity index (χ2n) is 8.23. The van der Waals surface area contributed by atoms with Gasteiger partial charge < -0.3 is 19.9 Å². The van der Waals surface area contributed by atoms with Crippen LogP contribution >= 0.6 is 0 Å². The fraction of sp³-hybridized carbons (Fsp3) is 0.154. The molecule has 0 spiro atoms. The maximum absolute atomic E-state index is 13.2. The van der Waals surface area contributed by atoms with Gasteiger partial charge in [-0.25, -0.2) is 0 Å². The third-order valence-corrected chi connectivity index (χ3v) is 5.97. The van der Waals surface area contributed by atoms with E-state index in [1.54, 1.807) is 61.6 Å². The normalized spacial score (nSPS) is 15.9. The number of amides is 2. The maximum atomic E-state index is 13.2. The van der Waals surface area contributed by atoms with E-state index in [1.165, 1.54) is 11.0 Å². The summed E-state index contributed by atoms with van der Waals surface area (Å²) in [7, 11) is 1.61. The Labute approximate surface area is 198 Å². The van der Waals surface area contributed by atoms with Gasteiger partial charge in [-0.1, -0.05) is 42.5 Å². The van der Waals surface area contributed by atoms with Crippen LogP contribution in [-0.2, 0) is 11.0 Å². The number of fused-ring (bicyclic) bond motifs is 2. The molecule has 1 atom stereocenters. The first-order chi connectivity index (χ1) is 16.7. The van der Waals surface area contributed by atoms with Gasteiger partial charge in [-0.3, -0.25) is 9.59 Å². The van der Waals surface area contributed by atoms with Crippen molar-refractivity contribution < 1.29 is 27.5 Å². The van der Waals surface area contributed by atoms with Crippen molar-refractivity contribution in [1.82, 2.24) is 10.3 Å². The lowest BCUT2D eigenvalue weighted by Gasteiger charge is -2.20. The summed E-state index contributed by atoms with van der Waals surface area (Å²) in [6.45, 7) is -0.0400.